The summed E-state index contributed by atoms with van der Waals surface area (Å²) in [5.41, 5.74) is -0.430. The zero-order valence-electron chi connectivity index (χ0n) is 18.5. The number of nitrogens with one attached hydrogen (secondary N) is 2. The number of alkyl halides is 3. The van der Waals surface area contributed by atoms with Crippen LogP contribution in [0.4, 0.5) is 24.5 Å². The maximum absolute atomic E-state index is 13.1. The van der Waals surface area contributed by atoms with Crippen molar-refractivity contribution in [2.75, 3.05) is 17.2 Å². The second-order valence-corrected chi connectivity index (χ2v) is 7.20. The van der Waals surface area contributed by atoms with Crippen LogP contribution in [-0.4, -0.2) is 24.5 Å². The molecule has 1 atom stereocenters. The molecule has 0 heterocycles. The zero-order valence-corrected chi connectivity index (χ0v) is 18.5. The van der Waals surface area contributed by atoms with Gasteiger partial charge in [0.2, 0.25) is 0 Å². The van der Waals surface area contributed by atoms with Gasteiger partial charge in [0.15, 0.2) is 6.10 Å². The van der Waals surface area contributed by atoms with Crippen LogP contribution in [0.2, 0.25) is 0 Å². The van der Waals surface area contributed by atoms with Crippen LogP contribution in [-0.2, 0) is 11.0 Å². The summed E-state index contributed by atoms with van der Waals surface area (Å²) in [7, 11) is 0. The maximum atomic E-state index is 13.1. The monoisotopic (exact) mass is 472 g/mol. The van der Waals surface area contributed by atoms with E-state index in [1.807, 2.05) is 6.92 Å². The molecule has 0 aromatic heterocycles. The molecule has 34 heavy (non-hydrogen) atoms. The van der Waals surface area contributed by atoms with Crippen molar-refractivity contribution in [2.24, 2.45) is 0 Å². The van der Waals surface area contributed by atoms with E-state index in [2.05, 4.69) is 10.6 Å². The lowest BCUT2D eigenvalue weighted by Gasteiger charge is -2.17. The Morgan fingerprint density at radius 1 is 0.882 bits per heavy atom. The number of halogens is 3. The molecule has 2 amide bonds. The van der Waals surface area contributed by atoms with E-state index in [-0.39, 0.29) is 17.3 Å². The normalized spacial score (nSPS) is 11.9. The van der Waals surface area contributed by atoms with Crippen LogP contribution in [0.1, 0.15) is 29.8 Å². The molecular formula is C25H23F3N2O4. The Morgan fingerprint density at radius 2 is 1.50 bits per heavy atom. The predicted molar refractivity (Wildman–Crippen MR) is 122 cm³/mol. The minimum atomic E-state index is -4.60. The molecular weight excluding hydrogens is 449 g/mol. The highest BCUT2D eigenvalue weighted by molar-refractivity contribution is 6.05. The molecule has 3 aromatic carbocycles. The number of rotatable bonds is 8. The van der Waals surface area contributed by atoms with Gasteiger partial charge in [0.25, 0.3) is 11.8 Å². The van der Waals surface area contributed by atoms with E-state index < -0.39 is 23.8 Å². The van der Waals surface area contributed by atoms with Gasteiger partial charge in [0.1, 0.15) is 11.5 Å². The van der Waals surface area contributed by atoms with E-state index in [0.29, 0.717) is 23.6 Å². The van der Waals surface area contributed by atoms with E-state index in [0.717, 1.165) is 6.07 Å². The molecule has 3 rings (SSSR count). The molecule has 0 saturated carbocycles. The van der Waals surface area contributed by atoms with Crippen molar-refractivity contribution in [1.82, 2.24) is 0 Å². The van der Waals surface area contributed by atoms with Crippen LogP contribution < -0.4 is 20.1 Å². The summed E-state index contributed by atoms with van der Waals surface area (Å²) < 4.78 is 50.4. The number of hydrogen-bond donors (Lipinski definition) is 2. The Labute approximate surface area is 194 Å². The van der Waals surface area contributed by atoms with Gasteiger partial charge in [-0.3, -0.25) is 9.59 Å². The summed E-state index contributed by atoms with van der Waals surface area (Å²) >= 11 is 0. The predicted octanol–water partition coefficient (Wildman–Crippen LogP) is 5.76. The van der Waals surface area contributed by atoms with E-state index in [4.69, 9.17) is 9.47 Å². The van der Waals surface area contributed by atoms with Crippen LogP contribution in [0.5, 0.6) is 11.5 Å². The highest BCUT2D eigenvalue weighted by Gasteiger charge is 2.34. The summed E-state index contributed by atoms with van der Waals surface area (Å²) in [5, 5.41) is 5.02. The van der Waals surface area contributed by atoms with Gasteiger partial charge in [0.05, 0.1) is 23.5 Å². The Hall–Kier alpha value is -4.01. The Balaban J connectivity index is 1.62. The first kappa shape index (κ1) is 24.6. The zero-order chi connectivity index (χ0) is 24.7. The van der Waals surface area contributed by atoms with Crippen molar-refractivity contribution in [1.29, 1.82) is 0 Å². The first-order valence-corrected chi connectivity index (χ1v) is 10.5. The van der Waals surface area contributed by atoms with Gasteiger partial charge in [-0.1, -0.05) is 24.3 Å². The lowest BCUT2D eigenvalue weighted by atomic mass is 10.1. The van der Waals surface area contributed by atoms with Crippen molar-refractivity contribution >= 4 is 23.2 Å². The van der Waals surface area contributed by atoms with Crippen LogP contribution >= 0.6 is 0 Å². The Kier molecular flexibility index (Phi) is 7.78. The number of anilines is 2. The van der Waals surface area contributed by atoms with E-state index in [1.54, 1.807) is 24.3 Å². The van der Waals surface area contributed by atoms with Crippen molar-refractivity contribution in [3.05, 3.63) is 83.9 Å². The fourth-order valence-corrected chi connectivity index (χ4v) is 3.06. The molecule has 9 heteroatoms. The molecule has 0 radical (unpaired) electrons. The summed E-state index contributed by atoms with van der Waals surface area (Å²) in [6.45, 7) is 3.71. The molecule has 0 bridgehead atoms. The molecule has 178 valence electrons. The molecule has 1 unspecified atom stereocenters. The van der Waals surface area contributed by atoms with Crippen molar-refractivity contribution in [3.63, 3.8) is 0 Å². The van der Waals surface area contributed by atoms with Crippen LogP contribution in [0.3, 0.4) is 0 Å². The van der Waals surface area contributed by atoms with Crippen molar-refractivity contribution in [3.8, 4) is 11.5 Å². The highest BCUT2D eigenvalue weighted by atomic mass is 19.4. The number of carbonyl (C=O) groups is 2. The summed E-state index contributed by atoms with van der Waals surface area (Å²) in [6, 6.07) is 17.7. The Bertz CT molecular complexity index is 1150. The molecule has 0 aliphatic heterocycles. The van der Waals surface area contributed by atoms with Crippen molar-refractivity contribution < 1.29 is 32.2 Å². The third-order valence-electron chi connectivity index (χ3n) is 4.72. The third-order valence-corrected chi connectivity index (χ3v) is 4.72. The molecule has 0 fully saturated rings. The smallest absolute Gasteiger partial charge is 0.418 e. The third kappa shape index (κ3) is 6.28. The number of ether oxygens (including phenoxy) is 2. The molecule has 0 saturated heterocycles. The first-order chi connectivity index (χ1) is 16.2. The van der Waals surface area contributed by atoms with Gasteiger partial charge in [-0.25, -0.2) is 0 Å². The maximum Gasteiger partial charge on any atom is 0.418 e. The van der Waals surface area contributed by atoms with Gasteiger partial charge >= 0.3 is 6.18 Å². The lowest BCUT2D eigenvalue weighted by molar-refractivity contribution is -0.137. The number of amides is 2. The molecule has 6 nitrogen and oxygen atoms in total. The topological polar surface area (TPSA) is 76.7 Å². The highest BCUT2D eigenvalue weighted by Crippen LogP contribution is 2.34. The first-order valence-electron chi connectivity index (χ1n) is 10.5. The molecule has 3 aromatic rings. The lowest BCUT2D eigenvalue weighted by Crippen LogP contribution is -2.31. The van der Waals surface area contributed by atoms with Gasteiger partial charge in [-0.15, -0.1) is 0 Å². The SMILES string of the molecule is CCOc1ccccc1NC(=O)c1ccc(OC(C)C(=O)Nc2ccccc2C(F)(F)F)cc1. The number of carbonyl (C=O) groups excluding carboxylic acids is 2. The molecule has 0 aliphatic rings. The Morgan fingerprint density at radius 3 is 2.15 bits per heavy atom. The fourth-order valence-electron chi connectivity index (χ4n) is 3.06. The molecule has 0 aliphatic carbocycles. The fraction of sp³-hybridized carbons (Fsp3) is 0.200. The van der Waals surface area contributed by atoms with E-state index >= 15 is 0 Å². The average Bonchev–Trinajstić information content (AvgIpc) is 2.80. The molecule has 2 N–H and O–H groups in total. The summed E-state index contributed by atoms with van der Waals surface area (Å²) in [6.07, 6.45) is -5.69. The number of para-hydroxylation sites is 3. The van der Waals surface area contributed by atoms with Gasteiger partial charge in [0, 0.05) is 5.56 Å². The summed E-state index contributed by atoms with van der Waals surface area (Å²) in [5.74, 6) is -0.289. The van der Waals surface area contributed by atoms with E-state index in [9.17, 15) is 22.8 Å². The van der Waals surface area contributed by atoms with E-state index in [1.165, 1.54) is 49.4 Å². The second kappa shape index (κ2) is 10.7. The standard InChI is InChI=1S/C25H23F3N2O4/c1-3-33-22-11-7-6-10-21(22)30-24(32)17-12-14-18(15-13-17)34-16(2)23(31)29-20-9-5-4-8-19(20)25(26,27)28/h4-16H,3H2,1-2H3,(H,29,31)(H,30,32). The van der Waals surface area contributed by atoms with Gasteiger partial charge < -0.3 is 20.1 Å². The minimum Gasteiger partial charge on any atom is -0.492 e. The quantitative estimate of drug-likeness (QED) is 0.437. The summed E-state index contributed by atoms with van der Waals surface area (Å²) in [4.78, 5) is 24.9. The average molecular weight is 472 g/mol. The molecule has 0 spiro atoms. The van der Waals surface area contributed by atoms with Crippen LogP contribution in [0, 0.1) is 0 Å². The number of hydrogen-bond acceptors (Lipinski definition) is 4. The van der Waals surface area contributed by atoms with Gasteiger partial charge in [-0.05, 0) is 62.4 Å². The van der Waals surface area contributed by atoms with Crippen molar-refractivity contribution in [2.45, 2.75) is 26.1 Å². The largest absolute Gasteiger partial charge is 0.492 e. The van der Waals surface area contributed by atoms with Crippen LogP contribution in [0.15, 0.2) is 72.8 Å². The second-order valence-electron chi connectivity index (χ2n) is 7.20. The number of benzene rings is 3. The van der Waals surface area contributed by atoms with Gasteiger partial charge in [-0.2, -0.15) is 13.2 Å². The minimum absolute atomic E-state index is 0.276. The van der Waals surface area contributed by atoms with Crippen LogP contribution in [0.25, 0.3) is 0 Å².